The molecule has 7 rings (SSSR count). The van der Waals surface area contributed by atoms with E-state index < -0.39 is 0 Å². The van der Waals surface area contributed by atoms with E-state index in [2.05, 4.69) is 4.57 Å². The molecule has 9 heteroatoms. The first-order chi connectivity index (χ1) is 24.9. The van der Waals surface area contributed by atoms with Crippen molar-refractivity contribution in [3.63, 3.8) is 0 Å². The molecule has 0 atom stereocenters. The lowest BCUT2D eigenvalue weighted by molar-refractivity contribution is -0.112. The van der Waals surface area contributed by atoms with Crippen molar-refractivity contribution in [2.75, 3.05) is 25.7 Å². The molecule has 7 nitrogen and oxygen atoms in total. The van der Waals surface area contributed by atoms with E-state index in [1.54, 1.807) is 37.3 Å². The Balaban J connectivity index is 1.03. The molecule has 0 unspecified atom stereocenters. The number of fused-ring (bicyclic) bond motifs is 3. The number of anilines is 2. The number of methoxy groups -OCH3 is 2. The lowest BCUT2D eigenvalue weighted by atomic mass is 10.0. The zero-order valence-electron chi connectivity index (χ0n) is 28.3. The summed E-state index contributed by atoms with van der Waals surface area (Å²) in [7, 11) is 3.17. The van der Waals surface area contributed by atoms with Gasteiger partial charge in [-0.1, -0.05) is 84.6 Å². The van der Waals surface area contributed by atoms with Crippen molar-refractivity contribution in [2.45, 2.75) is 32.2 Å². The standard InChI is InChI=1S/C42H36Cl2N2O5/c1-49-37-25-27(24-31-28-14-5-10-21-36(28)46(42(31)48)39-32(43)17-13-18-33(39)44)26-38(50-2)41(37)51-23-12-4-3-11-22-45-34-19-8-6-15-29(34)40(47)30-16-7-9-20-35(30)45/h5-10,13-21,24-26H,3-4,11-12,22-23H2,1-2H3/b31-24-. The van der Waals surface area contributed by atoms with Crippen LogP contribution < -0.4 is 24.5 Å². The molecule has 0 fully saturated rings. The lowest BCUT2D eigenvalue weighted by Crippen LogP contribution is -2.21. The van der Waals surface area contributed by atoms with Crippen molar-refractivity contribution in [2.24, 2.45) is 0 Å². The quantitative estimate of drug-likeness (QED) is 0.0716. The predicted molar refractivity (Wildman–Crippen MR) is 207 cm³/mol. The second-order valence-corrected chi connectivity index (χ2v) is 13.1. The topological polar surface area (TPSA) is 70.0 Å². The molecule has 1 aliphatic rings. The third kappa shape index (κ3) is 6.55. The van der Waals surface area contributed by atoms with Crippen LogP contribution in [0.3, 0.4) is 0 Å². The monoisotopic (exact) mass is 718 g/mol. The number of ether oxygens (including phenoxy) is 3. The molecule has 258 valence electrons. The van der Waals surface area contributed by atoms with Gasteiger partial charge in [-0.25, -0.2) is 0 Å². The molecular weight excluding hydrogens is 683 g/mol. The van der Waals surface area contributed by atoms with E-state index in [0.29, 0.717) is 56.4 Å². The van der Waals surface area contributed by atoms with Gasteiger partial charge in [-0.05, 0) is 79.1 Å². The Morgan fingerprint density at radius 1 is 0.686 bits per heavy atom. The smallest absolute Gasteiger partial charge is 0.263 e. The van der Waals surface area contributed by atoms with E-state index in [9.17, 15) is 9.59 Å². The van der Waals surface area contributed by atoms with Gasteiger partial charge in [0.1, 0.15) is 0 Å². The number of aromatic nitrogens is 1. The van der Waals surface area contributed by atoms with Crippen molar-refractivity contribution in [3.8, 4) is 17.2 Å². The van der Waals surface area contributed by atoms with E-state index in [-0.39, 0.29) is 11.3 Å². The number of rotatable bonds is 12. The third-order valence-electron chi connectivity index (χ3n) is 9.23. The van der Waals surface area contributed by atoms with Crippen molar-refractivity contribution in [1.82, 2.24) is 4.57 Å². The van der Waals surface area contributed by atoms with Crippen molar-refractivity contribution >= 4 is 73.9 Å². The SMILES string of the molecule is COc1cc(/C=C2\C(=O)N(c3c(Cl)cccc3Cl)c3ccccc32)cc(OC)c1OCCCCCCn1c2ccccc2c(=O)c2ccccc21. The molecule has 6 aromatic rings. The summed E-state index contributed by atoms with van der Waals surface area (Å²) in [6, 6.07) is 32.1. The first-order valence-electron chi connectivity index (χ1n) is 16.9. The number of benzene rings is 5. The highest BCUT2D eigenvalue weighted by Crippen LogP contribution is 2.47. The summed E-state index contributed by atoms with van der Waals surface area (Å²) in [6.45, 7) is 1.30. The van der Waals surface area contributed by atoms with Gasteiger partial charge >= 0.3 is 0 Å². The van der Waals surface area contributed by atoms with Crippen LogP contribution >= 0.6 is 23.2 Å². The van der Waals surface area contributed by atoms with Gasteiger partial charge in [-0.15, -0.1) is 0 Å². The maximum atomic E-state index is 13.9. The molecule has 1 amide bonds. The van der Waals surface area contributed by atoms with Gasteiger partial charge in [0.25, 0.3) is 5.91 Å². The number of nitrogens with zero attached hydrogens (tertiary/aromatic N) is 2. The number of unbranched alkanes of at least 4 members (excludes halogenated alkanes) is 3. The molecule has 1 aliphatic heterocycles. The van der Waals surface area contributed by atoms with Gasteiger partial charge in [0.05, 0.1) is 58.9 Å². The number of aryl methyl sites for hydroxylation is 1. The fourth-order valence-electron chi connectivity index (χ4n) is 6.82. The molecule has 0 radical (unpaired) electrons. The third-order valence-corrected chi connectivity index (χ3v) is 9.84. The normalized spacial score (nSPS) is 13.3. The highest BCUT2D eigenvalue weighted by Gasteiger charge is 2.35. The molecule has 0 bridgehead atoms. The Morgan fingerprint density at radius 2 is 1.27 bits per heavy atom. The van der Waals surface area contributed by atoms with Gasteiger partial charge in [0, 0.05) is 22.9 Å². The molecule has 0 saturated carbocycles. The summed E-state index contributed by atoms with van der Waals surface area (Å²) in [5.41, 5.74) is 5.11. The molecule has 0 aliphatic carbocycles. The number of pyridine rings is 1. The molecular formula is C42H36Cl2N2O5. The summed E-state index contributed by atoms with van der Waals surface area (Å²) in [4.78, 5) is 28.6. The van der Waals surface area contributed by atoms with Crippen LogP contribution in [0.15, 0.2) is 108 Å². The van der Waals surface area contributed by atoms with Crippen LogP contribution in [-0.4, -0.2) is 31.3 Å². The molecule has 0 saturated heterocycles. The minimum Gasteiger partial charge on any atom is -0.493 e. The number of halogens is 2. The second kappa shape index (κ2) is 14.9. The van der Waals surface area contributed by atoms with Crippen LogP contribution in [0.4, 0.5) is 11.4 Å². The Hall–Kier alpha value is -5.24. The Labute approximate surface area is 306 Å². The second-order valence-electron chi connectivity index (χ2n) is 12.3. The molecule has 2 heterocycles. The van der Waals surface area contributed by atoms with Crippen molar-refractivity contribution in [3.05, 3.63) is 135 Å². The van der Waals surface area contributed by atoms with Crippen LogP contribution in [0.5, 0.6) is 17.2 Å². The average Bonchev–Trinajstić information content (AvgIpc) is 3.42. The van der Waals surface area contributed by atoms with E-state index in [1.807, 2.05) is 91.0 Å². The Kier molecular flexibility index (Phi) is 10.0. The molecule has 5 aromatic carbocycles. The van der Waals surface area contributed by atoms with E-state index in [1.165, 1.54) is 0 Å². The van der Waals surface area contributed by atoms with E-state index in [4.69, 9.17) is 37.4 Å². The van der Waals surface area contributed by atoms with Gasteiger partial charge in [0.2, 0.25) is 5.75 Å². The maximum absolute atomic E-state index is 13.9. The number of hydrogen-bond acceptors (Lipinski definition) is 5. The number of carbonyl (C=O) groups is 1. The lowest BCUT2D eigenvalue weighted by Gasteiger charge is -2.20. The fourth-order valence-corrected chi connectivity index (χ4v) is 7.38. The predicted octanol–water partition coefficient (Wildman–Crippen LogP) is 10.3. The van der Waals surface area contributed by atoms with Crippen molar-refractivity contribution < 1.29 is 19.0 Å². The minimum atomic E-state index is -0.244. The van der Waals surface area contributed by atoms with Crippen LogP contribution in [0.25, 0.3) is 33.5 Å². The van der Waals surface area contributed by atoms with Crippen LogP contribution in [-0.2, 0) is 11.3 Å². The highest BCUT2D eigenvalue weighted by atomic mass is 35.5. The zero-order valence-corrected chi connectivity index (χ0v) is 29.8. The van der Waals surface area contributed by atoms with Gasteiger partial charge in [0.15, 0.2) is 16.9 Å². The maximum Gasteiger partial charge on any atom is 0.263 e. The fraction of sp³-hybridized carbons (Fsp3) is 0.190. The average molecular weight is 720 g/mol. The number of carbonyl (C=O) groups excluding carboxylic acids is 1. The first kappa shape index (κ1) is 34.2. The van der Waals surface area contributed by atoms with Gasteiger partial charge in [-0.2, -0.15) is 0 Å². The highest BCUT2D eigenvalue weighted by molar-refractivity contribution is 6.44. The molecule has 1 aromatic heterocycles. The van der Waals surface area contributed by atoms with Crippen LogP contribution in [0, 0.1) is 0 Å². The van der Waals surface area contributed by atoms with Gasteiger partial charge in [-0.3, -0.25) is 14.5 Å². The van der Waals surface area contributed by atoms with Crippen molar-refractivity contribution in [1.29, 1.82) is 0 Å². The zero-order chi connectivity index (χ0) is 35.5. The van der Waals surface area contributed by atoms with E-state index >= 15 is 0 Å². The summed E-state index contributed by atoms with van der Waals surface area (Å²) < 4.78 is 20.0. The summed E-state index contributed by atoms with van der Waals surface area (Å²) in [5.74, 6) is 1.27. The summed E-state index contributed by atoms with van der Waals surface area (Å²) in [6.07, 6.45) is 5.60. The largest absolute Gasteiger partial charge is 0.493 e. The minimum absolute atomic E-state index is 0.0768. The van der Waals surface area contributed by atoms with E-state index in [0.717, 1.165) is 59.6 Å². The number of amides is 1. The molecule has 0 N–H and O–H groups in total. The van der Waals surface area contributed by atoms with Gasteiger partial charge < -0.3 is 18.8 Å². The number of para-hydroxylation sites is 4. The summed E-state index contributed by atoms with van der Waals surface area (Å²) >= 11 is 13.1. The van der Waals surface area contributed by atoms with Crippen LogP contribution in [0.1, 0.15) is 36.8 Å². The Bertz CT molecular complexity index is 2260. The van der Waals surface area contributed by atoms with Crippen LogP contribution in [0.2, 0.25) is 10.0 Å². The first-order valence-corrected chi connectivity index (χ1v) is 17.7. The number of hydrogen-bond donors (Lipinski definition) is 0. The molecule has 51 heavy (non-hydrogen) atoms. The summed E-state index contributed by atoms with van der Waals surface area (Å²) in [5, 5.41) is 2.26. The molecule has 0 spiro atoms. The Morgan fingerprint density at radius 3 is 1.92 bits per heavy atom.